The number of nitrogens with zero attached hydrogens (tertiary/aromatic N) is 1. The van der Waals surface area contributed by atoms with Gasteiger partial charge in [-0.3, -0.25) is 9.52 Å². The lowest BCUT2D eigenvalue weighted by Gasteiger charge is -2.24. The maximum atomic E-state index is 12.5. The smallest absolute Gasteiger partial charge is 0.271 e. The van der Waals surface area contributed by atoms with Crippen LogP contribution in [0.2, 0.25) is 0 Å². The molecule has 0 bridgehead atoms. The lowest BCUT2D eigenvalue weighted by molar-refractivity contribution is -0.116. The Hall–Kier alpha value is -1.86. The Morgan fingerprint density at radius 3 is 2.48 bits per heavy atom. The first-order valence-corrected chi connectivity index (χ1v) is 9.66. The van der Waals surface area contributed by atoms with Gasteiger partial charge in [0.25, 0.3) is 10.0 Å². The maximum absolute atomic E-state index is 12.5. The highest BCUT2D eigenvalue weighted by atomic mass is 32.2. The maximum Gasteiger partial charge on any atom is 0.271 e. The number of thiophene rings is 1. The summed E-state index contributed by atoms with van der Waals surface area (Å²) in [4.78, 5) is 14.6. The predicted molar refractivity (Wildman–Crippen MR) is 92.5 cm³/mol. The number of benzene rings is 1. The van der Waals surface area contributed by atoms with Crippen LogP contribution in [-0.2, 0) is 14.8 Å². The minimum Gasteiger partial charge on any atom is -0.308 e. The number of carbonyl (C=O) groups excluding carboxylic acids is 1. The zero-order valence-electron chi connectivity index (χ0n) is 12.9. The first-order chi connectivity index (χ1) is 10.9. The summed E-state index contributed by atoms with van der Waals surface area (Å²) in [5, 5.41) is 0. The number of hydrogen-bond acceptors (Lipinski definition) is 4. The van der Waals surface area contributed by atoms with Gasteiger partial charge >= 0.3 is 0 Å². The fourth-order valence-corrected chi connectivity index (χ4v) is 4.84. The lowest BCUT2D eigenvalue weighted by Crippen LogP contribution is -2.31. The molecule has 1 aliphatic carbocycles. The highest BCUT2D eigenvalue weighted by molar-refractivity contribution is 7.94. The highest BCUT2D eigenvalue weighted by Crippen LogP contribution is 2.37. The van der Waals surface area contributed by atoms with Crippen molar-refractivity contribution in [3.05, 3.63) is 41.3 Å². The highest BCUT2D eigenvalue weighted by Gasteiger charge is 2.33. The van der Waals surface area contributed by atoms with Gasteiger partial charge < -0.3 is 4.90 Å². The molecule has 3 rings (SSSR count). The van der Waals surface area contributed by atoms with E-state index in [0.717, 1.165) is 17.7 Å². The molecule has 1 aromatic heterocycles. The Morgan fingerprint density at radius 1 is 1.22 bits per heavy atom. The van der Waals surface area contributed by atoms with E-state index < -0.39 is 10.0 Å². The van der Waals surface area contributed by atoms with Gasteiger partial charge in [0.2, 0.25) is 5.91 Å². The quantitative estimate of drug-likeness (QED) is 0.899. The molecule has 1 heterocycles. The summed E-state index contributed by atoms with van der Waals surface area (Å²) in [6, 6.07) is 10.6. The van der Waals surface area contributed by atoms with E-state index in [0.29, 0.717) is 11.4 Å². The molecule has 1 amide bonds. The van der Waals surface area contributed by atoms with E-state index in [1.54, 1.807) is 41.3 Å². The van der Waals surface area contributed by atoms with Crippen molar-refractivity contribution >= 4 is 38.6 Å². The summed E-state index contributed by atoms with van der Waals surface area (Å²) in [5.41, 5.74) is 1.04. The van der Waals surface area contributed by atoms with Gasteiger partial charge in [0.1, 0.15) is 4.21 Å². The number of rotatable bonds is 5. The third-order valence-electron chi connectivity index (χ3n) is 3.64. The number of para-hydroxylation sites is 2. The zero-order valence-corrected chi connectivity index (χ0v) is 14.6. The van der Waals surface area contributed by atoms with Crippen molar-refractivity contribution in [2.24, 2.45) is 0 Å². The summed E-state index contributed by atoms with van der Waals surface area (Å²) in [7, 11) is -3.65. The molecule has 122 valence electrons. The number of aryl methyl sites for hydroxylation is 1. The van der Waals surface area contributed by atoms with Crippen LogP contribution in [0.25, 0.3) is 0 Å². The zero-order chi connectivity index (χ0) is 16.6. The normalized spacial score (nSPS) is 14.5. The van der Waals surface area contributed by atoms with Crippen molar-refractivity contribution in [3.63, 3.8) is 0 Å². The van der Waals surface area contributed by atoms with E-state index in [-0.39, 0.29) is 16.2 Å². The Kier molecular flexibility index (Phi) is 4.16. The van der Waals surface area contributed by atoms with Crippen molar-refractivity contribution in [2.45, 2.75) is 36.9 Å². The van der Waals surface area contributed by atoms with Crippen LogP contribution in [0.15, 0.2) is 40.6 Å². The van der Waals surface area contributed by atoms with Crippen LogP contribution in [0.1, 0.15) is 24.6 Å². The number of amides is 1. The number of carbonyl (C=O) groups is 1. The second kappa shape index (κ2) is 5.98. The molecule has 5 nitrogen and oxygen atoms in total. The van der Waals surface area contributed by atoms with Gasteiger partial charge in [-0.2, -0.15) is 0 Å². The summed E-state index contributed by atoms with van der Waals surface area (Å²) < 4.78 is 28.0. The minimum absolute atomic E-state index is 0.0777. The van der Waals surface area contributed by atoms with Gasteiger partial charge in [0.05, 0.1) is 11.4 Å². The van der Waals surface area contributed by atoms with E-state index in [9.17, 15) is 13.2 Å². The molecular weight excluding hydrogens is 332 g/mol. The predicted octanol–water partition coefficient (Wildman–Crippen LogP) is 3.37. The lowest BCUT2D eigenvalue weighted by atomic mass is 10.2. The molecule has 1 N–H and O–H groups in total. The van der Waals surface area contributed by atoms with E-state index in [4.69, 9.17) is 0 Å². The third kappa shape index (κ3) is 3.40. The van der Waals surface area contributed by atoms with E-state index >= 15 is 0 Å². The molecule has 1 aliphatic rings. The van der Waals surface area contributed by atoms with E-state index in [2.05, 4.69) is 4.72 Å². The molecule has 0 radical (unpaired) electrons. The molecule has 0 aliphatic heterocycles. The first kappa shape index (κ1) is 16.0. The van der Waals surface area contributed by atoms with E-state index in [1.807, 2.05) is 6.92 Å². The Labute approximate surface area is 140 Å². The Balaban J connectivity index is 1.96. The topological polar surface area (TPSA) is 66.5 Å². The Morgan fingerprint density at radius 2 is 1.91 bits per heavy atom. The van der Waals surface area contributed by atoms with Crippen LogP contribution in [0.5, 0.6) is 0 Å². The number of anilines is 2. The molecular formula is C16H18N2O3S2. The fourth-order valence-electron chi connectivity index (χ4n) is 2.48. The molecule has 0 atom stereocenters. The van der Waals surface area contributed by atoms with Gasteiger partial charge in [-0.25, -0.2) is 8.42 Å². The van der Waals surface area contributed by atoms with Crippen LogP contribution in [0.3, 0.4) is 0 Å². The van der Waals surface area contributed by atoms with Crippen molar-refractivity contribution in [3.8, 4) is 0 Å². The van der Waals surface area contributed by atoms with E-state index in [1.165, 1.54) is 18.3 Å². The molecule has 0 spiro atoms. The van der Waals surface area contributed by atoms with Crippen LogP contribution >= 0.6 is 11.3 Å². The molecule has 2 aromatic rings. The summed E-state index contributed by atoms with van der Waals surface area (Å²) in [6.45, 7) is 3.37. The molecule has 1 fully saturated rings. The molecule has 1 aromatic carbocycles. The van der Waals surface area contributed by atoms with Crippen LogP contribution in [0.4, 0.5) is 11.4 Å². The van der Waals surface area contributed by atoms with Crippen LogP contribution < -0.4 is 9.62 Å². The van der Waals surface area contributed by atoms with Crippen LogP contribution in [0, 0.1) is 6.92 Å². The molecule has 0 saturated heterocycles. The second-order valence-electron chi connectivity index (χ2n) is 5.61. The summed E-state index contributed by atoms with van der Waals surface area (Å²) in [6.07, 6.45) is 1.90. The SMILES string of the molecule is CC(=O)N(c1ccccc1NS(=O)(=O)c1ccc(C)s1)C1CC1. The average Bonchev–Trinajstić information content (AvgIpc) is 3.20. The summed E-state index contributed by atoms with van der Waals surface area (Å²) >= 11 is 1.22. The minimum atomic E-state index is -3.65. The summed E-state index contributed by atoms with van der Waals surface area (Å²) in [5.74, 6) is -0.0777. The monoisotopic (exact) mass is 350 g/mol. The van der Waals surface area contributed by atoms with Crippen molar-refractivity contribution in [1.29, 1.82) is 0 Å². The van der Waals surface area contributed by atoms with Crippen molar-refractivity contribution < 1.29 is 13.2 Å². The largest absolute Gasteiger partial charge is 0.308 e. The van der Waals surface area contributed by atoms with Crippen molar-refractivity contribution in [1.82, 2.24) is 0 Å². The average molecular weight is 350 g/mol. The standard InChI is InChI=1S/C16H18N2O3S2/c1-11-7-10-16(22-11)23(20,21)17-14-5-3-4-6-15(14)18(12(2)19)13-8-9-13/h3-7,10,13,17H,8-9H2,1-2H3. The van der Waals surface area contributed by atoms with Gasteiger partial charge in [0, 0.05) is 17.8 Å². The van der Waals surface area contributed by atoms with Gasteiger partial charge in [-0.15, -0.1) is 11.3 Å². The number of nitrogens with one attached hydrogen (secondary N) is 1. The third-order valence-corrected chi connectivity index (χ3v) is 6.50. The number of hydrogen-bond donors (Lipinski definition) is 1. The molecule has 23 heavy (non-hydrogen) atoms. The van der Waals surface area contributed by atoms with Gasteiger partial charge in [0.15, 0.2) is 0 Å². The van der Waals surface area contributed by atoms with Crippen molar-refractivity contribution in [2.75, 3.05) is 9.62 Å². The number of sulfonamides is 1. The van der Waals surface area contributed by atoms with Gasteiger partial charge in [-0.05, 0) is 44.0 Å². The fraction of sp³-hybridized carbons (Fsp3) is 0.312. The van der Waals surface area contributed by atoms with Crippen LogP contribution in [-0.4, -0.2) is 20.4 Å². The molecule has 0 unspecified atom stereocenters. The second-order valence-corrected chi connectivity index (χ2v) is 8.81. The van der Waals surface area contributed by atoms with Gasteiger partial charge in [-0.1, -0.05) is 12.1 Å². The Bertz CT molecular complexity index is 839. The molecule has 7 heteroatoms. The first-order valence-electron chi connectivity index (χ1n) is 7.36. The molecule has 1 saturated carbocycles.